The number of amides is 2. The van der Waals surface area contributed by atoms with E-state index in [0.717, 1.165) is 5.56 Å². The van der Waals surface area contributed by atoms with Crippen molar-refractivity contribution in [3.05, 3.63) is 63.6 Å². The Hall–Kier alpha value is -2.05. The Morgan fingerprint density at radius 3 is 2.48 bits per heavy atom. The van der Waals surface area contributed by atoms with Gasteiger partial charge in [0.25, 0.3) is 0 Å². The minimum Gasteiger partial charge on any atom is -0.465 e. The SMILES string of the molecule is O=C(O)NC(Cc1ccccc1)C(=O)Nc1cc(Cl)cc(Br)c1. The van der Waals surface area contributed by atoms with Crippen LogP contribution in [0.3, 0.4) is 0 Å². The molecule has 3 N–H and O–H groups in total. The molecule has 1 atom stereocenters. The van der Waals surface area contributed by atoms with Gasteiger partial charge in [-0.1, -0.05) is 57.9 Å². The van der Waals surface area contributed by atoms with Gasteiger partial charge in [0.2, 0.25) is 5.91 Å². The third-order valence-electron chi connectivity index (χ3n) is 3.03. The Bertz CT molecular complexity index is 689. The minimum atomic E-state index is -1.26. The summed E-state index contributed by atoms with van der Waals surface area (Å²) in [7, 11) is 0. The van der Waals surface area contributed by atoms with Gasteiger partial charge >= 0.3 is 6.09 Å². The zero-order valence-electron chi connectivity index (χ0n) is 11.9. The summed E-state index contributed by atoms with van der Waals surface area (Å²) < 4.78 is 0.714. The lowest BCUT2D eigenvalue weighted by atomic mass is 10.1. The minimum absolute atomic E-state index is 0.251. The van der Waals surface area contributed by atoms with E-state index in [9.17, 15) is 9.59 Å². The maximum Gasteiger partial charge on any atom is 0.405 e. The van der Waals surface area contributed by atoms with E-state index >= 15 is 0 Å². The van der Waals surface area contributed by atoms with Crippen LogP contribution in [0.15, 0.2) is 53.0 Å². The summed E-state index contributed by atoms with van der Waals surface area (Å²) in [5.74, 6) is -0.453. The molecule has 0 bridgehead atoms. The standard InChI is InChI=1S/C16H14BrClN2O3/c17-11-7-12(18)9-13(8-11)19-15(21)14(20-16(22)23)6-10-4-2-1-3-5-10/h1-5,7-9,14,20H,6H2,(H,19,21)(H,22,23). The molecular weight excluding hydrogens is 384 g/mol. The summed E-state index contributed by atoms with van der Waals surface area (Å²) >= 11 is 9.22. The van der Waals surface area contributed by atoms with Crippen LogP contribution in [0.2, 0.25) is 5.02 Å². The van der Waals surface area contributed by atoms with E-state index in [1.54, 1.807) is 18.2 Å². The zero-order chi connectivity index (χ0) is 16.8. The van der Waals surface area contributed by atoms with Crippen LogP contribution in [-0.2, 0) is 11.2 Å². The molecule has 7 heteroatoms. The van der Waals surface area contributed by atoms with Crippen LogP contribution < -0.4 is 10.6 Å². The molecule has 0 saturated carbocycles. The Balaban J connectivity index is 2.14. The van der Waals surface area contributed by atoms with E-state index in [0.29, 0.717) is 15.2 Å². The third-order valence-corrected chi connectivity index (χ3v) is 3.70. The molecule has 23 heavy (non-hydrogen) atoms. The van der Waals surface area contributed by atoms with Gasteiger partial charge in [-0.3, -0.25) is 4.79 Å². The number of rotatable bonds is 5. The van der Waals surface area contributed by atoms with Crippen LogP contribution in [0, 0.1) is 0 Å². The predicted octanol–water partition coefficient (Wildman–Crippen LogP) is 3.92. The summed E-state index contributed by atoms with van der Waals surface area (Å²) in [5, 5.41) is 14.3. The second kappa shape index (κ2) is 7.99. The van der Waals surface area contributed by atoms with Gasteiger partial charge in [-0.15, -0.1) is 0 Å². The zero-order valence-corrected chi connectivity index (χ0v) is 14.3. The van der Waals surface area contributed by atoms with Crippen molar-refractivity contribution >= 4 is 45.2 Å². The molecule has 0 fully saturated rings. The second-order valence-corrected chi connectivity index (χ2v) is 6.19. The van der Waals surface area contributed by atoms with Crippen molar-refractivity contribution in [2.24, 2.45) is 0 Å². The molecule has 0 heterocycles. The van der Waals surface area contributed by atoms with Crippen molar-refractivity contribution < 1.29 is 14.7 Å². The number of benzene rings is 2. The predicted molar refractivity (Wildman–Crippen MR) is 92.9 cm³/mol. The van der Waals surface area contributed by atoms with Crippen molar-refractivity contribution in [2.75, 3.05) is 5.32 Å². The van der Waals surface area contributed by atoms with Crippen molar-refractivity contribution in [1.82, 2.24) is 5.32 Å². The van der Waals surface area contributed by atoms with Crippen LogP contribution >= 0.6 is 27.5 Å². The number of anilines is 1. The first-order valence-electron chi connectivity index (χ1n) is 6.74. The van der Waals surface area contributed by atoms with Gasteiger partial charge < -0.3 is 15.7 Å². The fourth-order valence-electron chi connectivity index (χ4n) is 2.06. The lowest BCUT2D eigenvalue weighted by Crippen LogP contribution is -2.44. The van der Waals surface area contributed by atoms with Gasteiger partial charge in [0.15, 0.2) is 0 Å². The average molecular weight is 398 g/mol. The van der Waals surface area contributed by atoms with Crippen LogP contribution in [0.25, 0.3) is 0 Å². The quantitative estimate of drug-likeness (QED) is 0.715. The van der Waals surface area contributed by atoms with Crippen LogP contribution in [0.1, 0.15) is 5.56 Å². The highest BCUT2D eigenvalue weighted by Crippen LogP contribution is 2.23. The average Bonchev–Trinajstić information content (AvgIpc) is 2.46. The molecule has 0 saturated heterocycles. The molecule has 2 aromatic carbocycles. The first-order chi connectivity index (χ1) is 10.9. The molecule has 1 unspecified atom stereocenters. The first-order valence-corrected chi connectivity index (χ1v) is 7.91. The number of nitrogens with one attached hydrogen (secondary N) is 2. The number of halogens is 2. The summed E-state index contributed by atoms with van der Waals surface area (Å²) in [5.41, 5.74) is 1.34. The molecule has 2 amide bonds. The molecule has 0 aliphatic heterocycles. The maximum atomic E-state index is 12.4. The van der Waals surface area contributed by atoms with Gasteiger partial charge in [-0.05, 0) is 23.8 Å². The Morgan fingerprint density at radius 2 is 1.87 bits per heavy atom. The van der Waals surface area contributed by atoms with Gasteiger partial charge in [0.05, 0.1) is 0 Å². The molecule has 0 aromatic heterocycles. The summed E-state index contributed by atoms with van der Waals surface area (Å²) in [6, 6.07) is 13.2. The molecule has 120 valence electrons. The van der Waals surface area contributed by atoms with Crippen molar-refractivity contribution in [3.8, 4) is 0 Å². The van der Waals surface area contributed by atoms with E-state index in [-0.39, 0.29) is 6.42 Å². The lowest BCUT2D eigenvalue weighted by Gasteiger charge is -2.17. The monoisotopic (exact) mass is 396 g/mol. The van der Waals surface area contributed by atoms with E-state index in [1.165, 1.54) is 0 Å². The molecule has 5 nitrogen and oxygen atoms in total. The van der Waals surface area contributed by atoms with Crippen LogP contribution in [0.4, 0.5) is 10.5 Å². The molecule has 2 aromatic rings. The largest absolute Gasteiger partial charge is 0.465 e. The number of hydrogen-bond donors (Lipinski definition) is 3. The molecule has 2 rings (SSSR count). The maximum absolute atomic E-state index is 12.4. The highest BCUT2D eigenvalue weighted by atomic mass is 79.9. The number of carboxylic acid groups (broad SMARTS) is 1. The summed E-state index contributed by atoms with van der Waals surface area (Å²) in [4.78, 5) is 23.3. The van der Waals surface area contributed by atoms with E-state index < -0.39 is 18.0 Å². The number of hydrogen-bond acceptors (Lipinski definition) is 2. The molecular formula is C16H14BrClN2O3. The smallest absolute Gasteiger partial charge is 0.405 e. The highest BCUT2D eigenvalue weighted by molar-refractivity contribution is 9.10. The van der Waals surface area contributed by atoms with Crippen molar-refractivity contribution in [1.29, 1.82) is 0 Å². The van der Waals surface area contributed by atoms with E-state index in [2.05, 4.69) is 26.6 Å². The second-order valence-electron chi connectivity index (χ2n) is 4.84. The summed E-state index contributed by atoms with van der Waals surface area (Å²) in [6.07, 6.45) is -1.01. The van der Waals surface area contributed by atoms with Gasteiger partial charge in [0.1, 0.15) is 6.04 Å². The van der Waals surface area contributed by atoms with Crippen LogP contribution in [0.5, 0.6) is 0 Å². The van der Waals surface area contributed by atoms with Crippen LogP contribution in [-0.4, -0.2) is 23.1 Å². The Kier molecular flexibility index (Phi) is 6.01. The molecule has 0 spiro atoms. The topological polar surface area (TPSA) is 78.4 Å². The number of carbonyl (C=O) groups excluding carboxylic acids is 1. The molecule has 0 aliphatic rings. The Morgan fingerprint density at radius 1 is 1.17 bits per heavy atom. The first kappa shape index (κ1) is 17.3. The normalized spacial score (nSPS) is 11.6. The molecule has 0 aliphatic carbocycles. The highest BCUT2D eigenvalue weighted by Gasteiger charge is 2.21. The van der Waals surface area contributed by atoms with Gasteiger partial charge in [0, 0.05) is 21.6 Å². The fourth-order valence-corrected chi connectivity index (χ4v) is 2.92. The summed E-state index contributed by atoms with van der Waals surface area (Å²) in [6.45, 7) is 0. The van der Waals surface area contributed by atoms with E-state index in [4.69, 9.17) is 16.7 Å². The fraction of sp³-hybridized carbons (Fsp3) is 0.125. The van der Waals surface area contributed by atoms with Gasteiger partial charge in [-0.25, -0.2) is 4.79 Å². The number of carbonyl (C=O) groups is 2. The lowest BCUT2D eigenvalue weighted by molar-refractivity contribution is -0.118. The van der Waals surface area contributed by atoms with Gasteiger partial charge in [-0.2, -0.15) is 0 Å². The van der Waals surface area contributed by atoms with Crippen molar-refractivity contribution in [2.45, 2.75) is 12.5 Å². The molecule has 0 radical (unpaired) electrons. The third kappa shape index (κ3) is 5.58. The van der Waals surface area contributed by atoms with E-state index in [1.807, 2.05) is 30.3 Å². The Labute approximate surface area is 146 Å². The van der Waals surface area contributed by atoms with Crippen molar-refractivity contribution in [3.63, 3.8) is 0 Å².